The van der Waals surface area contributed by atoms with Crippen molar-refractivity contribution < 1.29 is 13.6 Å². The lowest BCUT2D eigenvalue weighted by Gasteiger charge is -2.07. The van der Waals surface area contributed by atoms with E-state index < -0.39 is 17.5 Å². The van der Waals surface area contributed by atoms with E-state index in [1.54, 1.807) is 12.1 Å². The number of carbonyl (C=O) groups is 1. The molecule has 1 N–H and O–H groups in total. The molecule has 0 atom stereocenters. The smallest absolute Gasteiger partial charge is 0.256 e. The van der Waals surface area contributed by atoms with E-state index in [9.17, 15) is 13.6 Å². The fraction of sp³-hybridized carbons (Fsp3) is 0. The van der Waals surface area contributed by atoms with Crippen molar-refractivity contribution in [3.8, 4) is 0 Å². The molecule has 0 aliphatic rings. The molecule has 2 aromatic carbocycles. The first-order valence-electron chi connectivity index (χ1n) is 5.18. The number of carbonyl (C=O) groups excluding carboxylic acids is 1. The van der Waals surface area contributed by atoms with Gasteiger partial charge in [0.15, 0.2) is 0 Å². The fourth-order valence-electron chi connectivity index (χ4n) is 1.50. The molecule has 19 heavy (non-hydrogen) atoms. The Kier molecular flexibility index (Phi) is 4.51. The number of nitrogens with one attached hydrogen (secondary N) is 1. The molecular formula is C13H7BrF2INO. The van der Waals surface area contributed by atoms with Crippen LogP contribution in [0.1, 0.15) is 10.4 Å². The normalized spacial score (nSPS) is 10.3. The molecule has 98 valence electrons. The number of rotatable bonds is 2. The van der Waals surface area contributed by atoms with Crippen LogP contribution in [0.5, 0.6) is 0 Å². The lowest BCUT2D eigenvalue weighted by Crippen LogP contribution is -2.13. The fourth-order valence-corrected chi connectivity index (χ4v) is 2.41. The molecule has 0 heterocycles. The highest BCUT2D eigenvalue weighted by atomic mass is 127. The summed E-state index contributed by atoms with van der Waals surface area (Å²) in [6.07, 6.45) is 0. The van der Waals surface area contributed by atoms with Crippen LogP contribution in [-0.4, -0.2) is 5.91 Å². The maximum absolute atomic E-state index is 13.0. The van der Waals surface area contributed by atoms with E-state index in [-0.39, 0.29) is 5.69 Å². The predicted octanol–water partition coefficient (Wildman–Crippen LogP) is 4.58. The van der Waals surface area contributed by atoms with Crippen molar-refractivity contribution in [2.75, 3.05) is 5.32 Å². The number of hydrogen-bond acceptors (Lipinski definition) is 1. The van der Waals surface area contributed by atoms with Gasteiger partial charge in [-0.15, -0.1) is 0 Å². The van der Waals surface area contributed by atoms with Gasteiger partial charge in [0.2, 0.25) is 0 Å². The summed E-state index contributed by atoms with van der Waals surface area (Å²) in [6.45, 7) is 0. The Balaban J connectivity index is 2.28. The molecule has 0 radical (unpaired) electrons. The summed E-state index contributed by atoms with van der Waals surface area (Å²) in [6, 6.07) is 8.12. The van der Waals surface area contributed by atoms with E-state index >= 15 is 0 Å². The third-order valence-electron chi connectivity index (χ3n) is 2.29. The molecule has 0 saturated heterocycles. The van der Waals surface area contributed by atoms with Crippen LogP contribution in [0.4, 0.5) is 14.5 Å². The molecule has 0 spiro atoms. The maximum Gasteiger partial charge on any atom is 0.256 e. The monoisotopic (exact) mass is 437 g/mol. The molecule has 0 aliphatic heterocycles. The number of amides is 1. The Labute approximate surface area is 130 Å². The van der Waals surface area contributed by atoms with Crippen LogP contribution in [0.15, 0.2) is 40.9 Å². The van der Waals surface area contributed by atoms with Gasteiger partial charge in [-0.05, 0) is 68.9 Å². The molecule has 0 unspecified atom stereocenters. The number of benzene rings is 2. The Morgan fingerprint density at radius 3 is 2.37 bits per heavy atom. The molecule has 1 amide bonds. The minimum atomic E-state index is -0.739. The average molecular weight is 438 g/mol. The lowest BCUT2D eigenvalue weighted by atomic mass is 10.2. The Morgan fingerprint density at radius 1 is 1.11 bits per heavy atom. The number of halogens is 4. The van der Waals surface area contributed by atoms with Gasteiger partial charge in [0, 0.05) is 19.8 Å². The number of hydrogen-bond donors (Lipinski definition) is 1. The summed E-state index contributed by atoms with van der Waals surface area (Å²) in [5.74, 6) is -1.91. The van der Waals surface area contributed by atoms with Crippen LogP contribution >= 0.6 is 38.5 Å². The zero-order valence-electron chi connectivity index (χ0n) is 9.38. The zero-order valence-corrected chi connectivity index (χ0v) is 13.1. The third kappa shape index (κ3) is 3.73. The van der Waals surface area contributed by atoms with Gasteiger partial charge < -0.3 is 5.32 Å². The zero-order chi connectivity index (χ0) is 14.0. The molecule has 6 heteroatoms. The highest BCUT2D eigenvalue weighted by Crippen LogP contribution is 2.21. The highest BCUT2D eigenvalue weighted by Gasteiger charge is 2.12. The molecule has 0 bridgehead atoms. The van der Waals surface area contributed by atoms with E-state index in [2.05, 4.69) is 43.8 Å². The minimum absolute atomic E-state index is 0.0771. The molecule has 2 aromatic rings. The molecular weight excluding hydrogens is 431 g/mol. The van der Waals surface area contributed by atoms with Crippen molar-refractivity contribution in [1.29, 1.82) is 0 Å². The van der Waals surface area contributed by atoms with Gasteiger partial charge in [-0.3, -0.25) is 4.79 Å². The molecule has 0 fully saturated rings. The average Bonchev–Trinajstić information content (AvgIpc) is 2.30. The second-order valence-electron chi connectivity index (χ2n) is 3.74. The van der Waals surface area contributed by atoms with Gasteiger partial charge in [-0.2, -0.15) is 0 Å². The first-order chi connectivity index (χ1) is 8.95. The van der Waals surface area contributed by atoms with Gasteiger partial charge in [0.05, 0.1) is 5.56 Å². The van der Waals surface area contributed by atoms with E-state index in [0.29, 0.717) is 10.0 Å². The molecule has 2 nitrogen and oxygen atoms in total. The number of anilines is 1. The van der Waals surface area contributed by atoms with E-state index in [0.717, 1.165) is 21.8 Å². The van der Waals surface area contributed by atoms with Crippen LogP contribution < -0.4 is 5.32 Å². The largest absolute Gasteiger partial charge is 0.322 e. The van der Waals surface area contributed by atoms with Gasteiger partial charge in [-0.1, -0.05) is 0 Å². The summed E-state index contributed by atoms with van der Waals surface area (Å²) in [5, 5.41) is 2.46. The van der Waals surface area contributed by atoms with Gasteiger partial charge in [-0.25, -0.2) is 8.78 Å². The Bertz CT molecular complexity index is 628. The SMILES string of the molecule is O=C(Nc1cc(F)cc(F)c1)c1cc(I)ccc1Br. The molecule has 2 rings (SSSR count). The van der Waals surface area contributed by atoms with Gasteiger partial charge in [0.1, 0.15) is 11.6 Å². The van der Waals surface area contributed by atoms with Gasteiger partial charge >= 0.3 is 0 Å². The summed E-state index contributed by atoms with van der Waals surface area (Å²) in [7, 11) is 0. The van der Waals surface area contributed by atoms with Crippen LogP contribution in [-0.2, 0) is 0 Å². The second kappa shape index (κ2) is 5.96. The minimum Gasteiger partial charge on any atom is -0.322 e. The molecule has 0 aromatic heterocycles. The standard InChI is InChI=1S/C13H7BrF2INO/c14-12-2-1-9(17)6-11(12)13(19)18-10-4-7(15)3-8(16)5-10/h1-6H,(H,18,19). The quantitative estimate of drug-likeness (QED) is 0.684. The second-order valence-corrected chi connectivity index (χ2v) is 5.84. The van der Waals surface area contributed by atoms with Crippen molar-refractivity contribution in [3.63, 3.8) is 0 Å². The summed E-state index contributed by atoms with van der Waals surface area (Å²) in [5.41, 5.74) is 0.477. The first-order valence-corrected chi connectivity index (χ1v) is 7.05. The van der Waals surface area contributed by atoms with E-state index in [1.165, 1.54) is 0 Å². The van der Waals surface area contributed by atoms with Crippen molar-refractivity contribution in [2.45, 2.75) is 0 Å². The van der Waals surface area contributed by atoms with E-state index in [4.69, 9.17) is 0 Å². The van der Waals surface area contributed by atoms with Crippen LogP contribution in [0.2, 0.25) is 0 Å². The maximum atomic E-state index is 13.0. The van der Waals surface area contributed by atoms with Crippen LogP contribution in [0, 0.1) is 15.2 Å². The summed E-state index contributed by atoms with van der Waals surface area (Å²) in [4.78, 5) is 12.0. The molecule has 0 aliphatic carbocycles. The summed E-state index contributed by atoms with van der Waals surface area (Å²) < 4.78 is 27.5. The van der Waals surface area contributed by atoms with Crippen LogP contribution in [0.25, 0.3) is 0 Å². The van der Waals surface area contributed by atoms with Crippen molar-refractivity contribution in [2.24, 2.45) is 0 Å². The van der Waals surface area contributed by atoms with Gasteiger partial charge in [0.25, 0.3) is 5.91 Å². The Morgan fingerprint density at radius 2 is 1.74 bits per heavy atom. The first kappa shape index (κ1) is 14.4. The lowest BCUT2D eigenvalue weighted by molar-refractivity contribution is 0.102. The van der Waals surface area contributed by atoms with Crippen molar-refractivity contribution in [1.82, 2.24) is 0 Å². The van der Waals surface area contributed by atoms with Crippen LogP contribution in [0.3, 0.4) is 0 Å². The molecule has 0 saturated carbocycles. The Hall–Kier alpha value is -1.02. The third-order valence-corrected chi connectivity index (χ3v) is 3.66. The summed E-state index contributed by atoms with van der Waals surface area (Å²) >= 11 is 5.34. The topological polar surface area (TPSA) is 29.1 Å². The van der Waals surface area contributed by atoms with Crippen molar-refractivity contribution in [3.05, 3.63) is 61.6 Å². The van der Waals surface area contributed by atoms with E-state index in [1.807, 2.05) is 6.07 Å². The van der Waals surface area contributed by atoms with Crippen molar-refractivity contribution >= 4 is 50.1 Å². The highest BCUT2D eigenvalue weighted by molar-refractivity contribution is 14.1. The predicted molar refractivity (Wildman–Crippen MR) is 81.2 cm³/mol.